The Morgan fingerprint density at radius 3 is 2.75 bits per heavy atom. The molecule has 0 aromatic carbocycles. The van der Waals surface area contributed by atoms with Gasteiger partial charge < -0.3 is 14.6 Å². The van der Waals surface area contributed by atoms with Crippen LogP contribution in [0.25, 0.3) is 0 Å². The maximum Gasteiger partial charge on any atom is 0.404 e. The molecule has 1 fully saturated rings. The fourth-order valence-electron chi connectivity index (χ4n) is 2.41. The Kier molecular flexibility index (Phi) is 4.33. The van der Waals surface area contributed by atoms with Gasteiger partial charge in [-0.15, -0.1) is 0 Å². The Morgan fingerprint density at radius 1 is 1.50 bits per heavy atom. The number of nitrogens with one attached hydrogen (secondary N) is 1. The van der Waals surface area contributed by atoms with E-state index in [9.17, 15) is 13.2 Å². The summed E-state index contributed by atoms with van der Waals surface area (Å²) in [5.41, 5.74) is -2.08. The van der Waals surface area contributed by atoms with E-state index in [-0.39, 0.29) is 31.2 Å². The molecule has 0 aliphatic carbocycles. The number of methoxy groups -OCH3 is 1. The number of halogens is 3. The molecular formula is C12H18F3N3O2. The minimum atomic E-state index is -4.42. The minimum Gasteiger partial charge on any atom is -0.373 e. The molecule has 2 unspecified atom stereocenters. The summed E-state index contributed by atoms with van der Waals surface area (Å²) in [6.07, 6.45) is -3.50. The number of alkyl halides is 3. The van der Waals surface area contributed by atoms with Crippen LogP contribution < -0.4 is 5.32 Å². The molecule has 0 saturated carbocycles. The summed E-state index contributed by atoms with van der Waals surface area (Å²) in [5.74, 6) is -0.192. The number of ether oxygens (including phenoxy) is 1. The lowest BCUT2D eigenvalue weighted by molar-refractivity contribution is -0.191. The van der Waals surface area contributed by atoms with Gasteiger partial charge in [0, 0.05) is 13.7 Å². The van der Waals surface area contributed by atoms with E-state index in [1.807, 2.05) is 6.92 Å². The number of nitrogens with zero attached hydrogens (tertiary/aromatic N) is 2. The van der Waals surface area contributed by atoms with Gasteiger partial charge in [-0.2, -0.15) is 18.2 Å². The summed E-state index contributed by atoms with van der Waals surface area (Å²) >= 11 is 0. The monoisotopic (exact) mass is 293 g/mol. The van der Waals surface area contributed by atoms with E-state index >= 15 is 0 Å². The zero-order valence-corrected chi connectivity index (χ0v) is 11.5. The third kappa shape index (κ3) is 2.54. The van der Waals surface area contributed by atoms with Gasteiger partial charge in [-0.3, -0.25) is 0 Å². The zero-order valence-electron chi connectivity index (χ0n) is 11.5. The predicted octanol–water partition coefficient (Wildman–Crippen LogP) is 2.35. The van der Waals surface area contributed by atoms with Crippen LogP contribution in [0.15, 0.2) is 4.52 Å². The van der Waals surface area contributed by atoms with E-state index < -0.39 is 17.7 Å². The topological polar surface area (TPSA) is 60.2 Å². The molecule has 1 aromatic rings. The molecule has 1 saturated heterocycles. The molecule has 1 aromatic heterocycles. The van der Waals surface area contributed by atoms with Crippen molar-refractivity contribution in [1.82, 2.24) is 15.5 Å². The summed E-state index contributed by atoms with van der Waals surface area (Å²) in [5, 5.41) is 6.39. The van der Waals surface area contributed by atoms with Crippen LogP contribution in [0.1, 0.15) is 44.0 Å². The normalized spacial score (nSPS) is 25.1. The number of aromatic nitrogens is 2. The zero-order chi connectivity index (χ0) is 14.8. The lowest BCUT2D eigenvalue weighted by atomic mass is 9.86. The fourth-order valence-corrected chi connectivity index (χ4v) is 2.41. The second-order valence-electron chi connectivity index (χ2n) is 4.98. The predicted molar refractivity (Wildman–Crippen MR) is 64.2 cm³/mol. The summed E-state index contributed by atoms with van der Waals surface area (Å²) in [7, 11) is 1.48. The molecule has 0 bridgehead atoms. The van der Waals surface area contributed by atoms with Gasteiger partial charge in [0.15, 0.2) is 5.41 Å². The Hall–Kier alpha value is -1.15. The van der Waals surface area contributed by atoms with Gasteiger partial charge in [-0.05, 0) is 19.4 Å². The molecule has 2 heterocycles. The van der Waals surface area contributed by atoms with Crippen molar-refractivity contribution < 1.29 is 22.4 Å². The molecule has 20 heavy (non-hydrogen) atoms. The van der Waals surface area contributed by atoms with Crippen LogP contribution in [0.3, 0.4) is 0 Å². The van der Waals surface area contributed by atoms with Gasteiger partial charge in [0.1, 0.15) is 6.10 Å². The maximum atomic E-state index is 13.3. The number of hydrogen-bond acceptors (Lipinski definition) is 5. The highest BCUT2D eigenvalue weighted by Gasteiger charge is 2.61. The lowest BCUT2D eigenvalue weighted by Gasteiger charge is -2.26. The standard InChI is InChI=1S/C12H18F3N3O2/c1-3-4-8(19-2)9-17-10(20-18-9)11(12(13,14)15)5-6-16-7-11/h8,16H,3-7H2,1-2H3. The highest BCUT2D eigenvalue weighted by atomic mass is 19.4. The first-order valence-corrected chi connectivity index (χ1v) is 6.59. The van der Waals surface area contributed by atoms with Gasteiger partial charge >= 0.3 is 6.18 Å². The molecule has 8 heteroatoms. The third-order valence-corrected chi connectivity index (χ3v) is 3.67. The van der Waals surface area contributed by atoms with E-state index in [1.165, 1.54) is 7.11 Å². The molecule has 0 radical (unpaired) electrons. The van der Waals surface area contributed by atoms with Crippen molar-refractivity contribution in [3.8, 4) is 0 Å². The SMILES string of the molecule is CCCC(OC)c1noc(C2(C(F)(F)F)CCNC2)n1. The third-order valence-electron chi connectivity index (χ3n) is 3.67. The van der Waals surface area contributed by atoms with Crippen molar-refractivity contribution in [2.24, 2.45) is 0 Å². The molecule has 114 valence electrons. The van der Waals surface area contributed by atoms with Crippen LogP contribution in [0.2, 0.25) is 0 Å². The van der Waals surface area contributed by atoms with E-state index in [2.05, 4.69) is 15.5 Å². The van der Waals surface area contributed by atoms with Gasteiger partial charge in [0.05, 0.1) is 0 Å². The molecule has 1 N–H and O–H groups in total. The van der Waals surface area contributed by atoms with Crippen molar-refractivity contribution in [2.45, 2.75) is 43.9 Å². The van der Waals surface area contributed by atoms with Crippen molar-refractivity contribution in [3.05, 3.63) is 11.7 Å². The Morgan fingerprint density at radius 2 is 2.25 bits per heavy atom. The molecule has 1 aliphatic heterocycles. The van der Waals surface area contributed by atoms with Crippen LogP contribution in [0, 0.1) is 0 Å². The fraction of sp³-hybridized carbons (Fsp3) is 0.833. The first kappa shape index (κ1) is 15.2. The summed E-state index contributed by atoms with van der Waals surface area (Å²) in [6.45, 7) is 1.99. The van der Waals surface area contributed by atoms with Gasteiger partial charge in [-0.1, -0.05) is 18.5 Å². The van der Waals surface area contributed by atoms with Crippen LogP contribution in [-0.2, 0) is 10.2 Å². The summed E-state index contributed by atoms with van der Waals surface area (Å²) in [4.78, 5) is 3.96. The van der Waals surface area contributed by atoms with Gasteiger partial charge in [0.2, 0.25) is 11.7 Å². The first-order valence-electron chi connectivity index (χ1n) is 6.59. The van der Waals surface area contributed by atoms with Crippen LogP contribution in [0.4, 0.5) is 13.2 Å². The Labute approximate surface area is 114 Å². The quantitative estimate of drug-likeness (QED) is 0.903. The molecule has 1 aliphatic rings. The van der Waals surface area contributed by atoms with E-state index in [4.69, 9.17) is 9.26 Å². The van der Waals surface area contributed by atoms with Crippen molar-refractivity contribution in [3.63, 3.8) is 0 Å². The van der Waals surface area contributed by atoms with Crippen LogP contribution >= 0.6 is 0 Å². The van der Waals surface area contributed by atoms with Gasteiger partial charge in [-0.25, -0.2) is 0 Å². The summed E-state index contributed by atoms with van der Waals surface area (Å²) in [6, 6.07) is 0. The molecule has 0 spiro atoms. The smallest absolute Gasteiger partial charge is 0.373 e. The average molecular weight is 293 g/mol. The number of rotatable bonds is 5. The Balaban J connectivity index is 2.30. The van der Waals surface area contributed by atoms with Crippen molar-refractivity contribution >= 4 is 0 Å². The highest BCUT2D eigenvalue weighted by Crippen LogP contribution is 2.44. The lowest BCUT2D eigenvalue weighted by Crippen LogP contribution is -2.44. The molecule has 5 nitrogen and oxygen atoms in total. The van der Waals surface area contributed by atoms with E-state index in [1.54, 1.807) is 0 Å². The summed E-state index contributed by atoms with van der Waals surface area (Å²) < 4.78 is 50.1. The second kappa shape index (κ2) is 5.69. The Bertz CT molecular complexity index is 441. The van der Waals surface area contributed by atoms with Gasteiger partial charge in [0.25, 0.3) is 0 Å². The van der Waals surface area contributed by atoms with Crippen LogP contribution in [-0.4, -0.2) is 36.5 Å². The first-order chi connectivity index (χ1) is 9.44. The largest absolute Gasteiger partial charge is 0.404 e. The molecule has 2 atom stereocenters. The average Bonchev–Trinajstić information content (AvgIpc) is 3.03. The minimum absolute atomic E-state index is 0.0937. The highest BCUT2D eigenvalue weighted by molar-refractivity contribution is 5.15. The molecule has 0 amide bonds. The van der Waals surface area contributed by atoms with Crippen molar-refractivity contribution in [1.29, 1.82) is 0 Å². The maximum absolute atomic E-state index is 13.3. The van der Waals surface area contributed by atoms with E-state index in [0.29, 0.717) is 6.42 Å². The van der Waals surface area contributed by atoms with E-state index in [0.717, 1.165) is 6.42 Å². The molecular weight excluding hydrogens is 275 g/mol. The molecule has 2 rings (SSSR count). The van der Waals surface area contributed by atoms with Crippen molar-refractivity contribution in [2.75, 3.05) is 20.2 Å². The van der Waals surface area contributed by atoms with Crippen LogP contribution in [0.5, 0.6) is 0 Å². The second-order valence-corrected chi connectivity index (χ2v) is 4.98. The number of hydrogen-bond donors (Lipinski definition) is 1.